The number of rotatable bonds is 8. The fourth-order valence-electron chi connectivity index (χ4n) is 2.19. The number of nitrogens with zero attached hydrogens (tertiary/aromatic N) is 1. The summed E-state index contributed by atoms with van der Waals surface area (Å²) in [5, 5.41) is 0. The summed E-state index contributed by atoms with van der Waals surface area (Å²) >= 11 is 0. The van der Waals surface area contributed by atoms with Gasteiger partial charge in [0.1, 0.15) is 5.82 Å². The summed E-state index contributed by atoms with van der Waals surface area (Å²) in [4.78, 5) is 13.4. The number of ether oxygens (including phenoxy) is 1. The van der Waals surface area contributed by atoms with Crippen molar-refractivity contribution >= 4 is 5.97 Å². The van der Waals surface area contributed by atoms with Crippen LogP contribution in [0.5, 0.6) is 0 Å². The molecule has 1 atom stereocenters. The summed E-state index contributed by atoms with van der Waals surface area (Å²) < 4.78 is 17.9. The lowest BCUT2D eigenvalue weighted by Crippen LogP contribution is -2.27. The third-order valence-electron chi connectivity index (χ3n) is 3.37. The number of hydrogen-bond donors (Lipinski definition) is 0. The number of carbonyl (C=O) groups excluding carboxylic acids is 1. The Morgan fingerprint density at radius 1 is 1.30 bits per heavy atom. The Kier molecular flexibility index (Phi) is 7.23. The first-order valence-electron chi connectivity index (χ1n) is 7.16. The SMILES string of the molecule is CCOC(=O)CCN(C)CC(CC)c1ccc(F)cc1. The third kappa shape index (κ3) is 5.70. The highest BCUT2D eigenvalue weighted by Gasteiger charge is 2.13. The van der Waals surface area contributed by atoms with E-state index < -0.39 is 0 Å². The third-order valence-corrected chi connectivity index (χ3v) is 3.37. The first-order valence-corrected chi connectivity index (χ1v) is 7.16. The number of carbonyl (C=O) groups is 1. The maximum absolute atomic E-state index is 12.9. The molecule has 1 unspecified atom stereocenters. The van der Waals surface area contributed by atoms with Crippen molar-refractivity contribution in [2.24, 2.45) is 0 Å². The van der Waals surface area contributed by atoms with Gasteiger partial charge in [0.2, 0.25) is 0 Å². The number of hydrogen-bond acceptors (Lipinski definition) is 3. The van der Waals surface area contributed by atoms with Crippen LogP contribution in [0.1, 0.15) is 38.2 Å². The van der Waals surface area contributed by atoms with Crippen LogP contribution in [0.15, 0.2) is 24.3 Å². The minimum absolute atomic E-state index is 0.158. The molecule has 0 aromatic heterocycles. The Hall–Kier alpha value is -1.42. The quantitative estimate of drug-likeness (QED) is 0.685. The summed E-state index contributed by atoms with van der Waals surface area (Å²) in [6.07, 6.45) is 1.39. The molecule has 0 aliphatic rings. The van der Waals surface area contributed by atoms with E-state index in [1.807, 2.05) is 26.1 Å². The maximum atomic E-state index is 12.9. The van der Waals surface area contributed by atoms with E-state index in [0.29, 0.717) is 25.5 Å². The summed E-state index contributed by atoms with van der Waals surface area (Å²) in [6, 6.07) is 6.67. The summed E-state index contributed by atoms with van der Waals surface area (Å²) in [5.41, 5.74) is 1.14. The van der Waals surface area contributed by atoms with Gasteiger partial charge in [0.25, 0.3) is 0 Å². The zero-order valence-corrected chi connectivity index (χ0v) is 12.6. The van der Waals surface area contributed by atoms with Gasteiger partial charge in [-0.1, -0.05) is 19.1 Å². The Bertz CT molecular complexity index is 405. The maximum Gasteiger partial charge on any atom is 0.307 e. The molecular formula is C16H24FNO2. The molecule has 0 fully saturated rings. The predicted molar refractivity (Wildman–Crippen MR) is 78.2 cm³/mol. The highest BCUT2D eigenvalue weighted by atomic mass is 19.1. The molecule has 4 heteroatoms. The first-order chi connectivity index (χ1) is 9.56. The van der Waals surface area contributed by atoms with Crippen LogP contribution in [0.4, 0.5) is 4.39 Å². The van der Waals surface area contributed by atoms with Crippen LogP contribution in [0.25, 0.3) is 0 Å². The Balaban J connectivity index is 2.47. The van der Waals surface area contributed by atoms with E-state index >= 15 is 0 Å². The number of benzene rings is 1. The van der Waals surface area contributed by atoms with E-state index in [9.17, 15) is 9.18 Å². The second-order valence-corrected chi connectivity index (χ2v) is 4.97. The predicted octanol–water partition coefficient (Wildman–Crippen LogP) is 3.20. The molecule has 0 saturated heterocycles. The molecule has 0 N–H and O–H groups in total. The largest absolute Gasteiger partial charge is 0.466 e. The van der Waals surface area contributed by atoms with Crippen LogP contribution in [-0.2, 0) is 9.53 Å². The molecular weight excluding hydrogens is 257 g/mol. The highest BCUT2D eigenvalue weighted by Crippen LogP contribution is 2.20. The van der Waals surface area contributed by atoms with Gasteiger partial charge in [-0.15, -0.1) is 0 Å². The molecule has 112 valence electrons. The normalized spacial score (nSPS) is 12.4. The molecule has 20 heavy (non-hydrogen) atoms. The molecule has 1 aromatic rings. The molecule has 3 nitrogen and oxygen atoms in total. The van der Waals surface area contributed by atoms with E-state index in [-0.39, 0.29) is 11.8 Å². The summed E-state index contributed by atoms with van der Waals surface area (Å²) in [6.45, 7) is 5.88. The zero-order valence-electron chi connectivity index (χ0n) is 12.6. The standard InChI is InChI=1S/C16H24FNO2/c1-4-13(14-6-8-15(17)9-7-14)12-18(3)11-10-16(19)20-5-2/h6-9,13H,4-5,10-12H2,1-3H3. The molecule has 0 amide bonds. The van der Waals surface area contributed by atoms with Crippen LogP contribution in [0.3, 0.4) is 0 Å². The molecule has 0 saturated carbocycles. The monoisotopic (exact) mass is 281 g/mol. The van der Waals surface area contributed by atoms with Crippen molar-refractivity contribution in [2.75, 3.05) is 26.7 Å². The van der Waals surface area contributed by atoms with Crippen molar-refractivity contribution in [3.05, 3.63) is 35.6 Å². The topological polar surface area (TPSA) is 29.5 Å². The van der Waals surface area contributed by atoms with E-state index in [1.165, 1.54) is 12.1 Å². The van der Waals surface area contributed by atoms with E-state index in [1.54, 1.807) is 0 Å². The van der Waals surface area contributed by atoms with Crippen molar-refractivity contribution in [1.82, 2.24) is 4.90 Å². The second kappa shape index (κ2) is 8.69. The molecule has 1 aromatic carbocycles. The van der Waals surface area contributed by atoms with Crippen molar-refractivity contribution in [3.63, 3.8) is 0 Å². The van der Waals surface area contributed by atoms with Gasteiger partial charge in [0.15, 0.2) is 0 Å². The van der Waals surface area contributed by atoms with Crippen molar-refractivity contribution in [3.8, 4) is 0 Å². The molecule has 0 spiro atoms. The van der Waals surface area contributed by atoms with Gasteiger partial charge in [0, 0.05) is 13.1 Å². The van der Waals surface area contributed by atoms with Gasteiger partial charge in [-0.3, -0.25) is 4.79 Å². The molecule has 0 radical (unpaired) electrons. The van der Waals surface area contributed by atoms with E-state index in [0.717, 1.165) is 18.5 Å². The van der Waals surface area contributed by atoms with Crippen molar-refractivity contribution < 1.29 is 13.9 Å². The molecule has 0 aliphatic heterocycles. The average Bonchev–Trinajstić information content (AvgIpc) is 2.44. The van der Waals surface area contributed by atoms with Gasteiger partial charge in [-0.05, 0) is 44.0 Å². The van der Waals surface area contributed by atoms with E-state index in [2.05, 4.69) is 11.8 Å². The van der Waals surface area contributed by atoms with Crippen LogP contribution in [0.2, 0.25) is 0 Å². The fraction of sp³-hybridized carbons (Fsp3) is 0.562. The number of likely N-dealkylation sites (N-methyl/N-ethyl adjacent to an activating group) is 1. The zero-order chi connectivity index (χ0) is 15.0. The first kappa shape index (κ1) is 16.6. The lowest BCUT2D eigenvalue weighted by Gasteiger charge is -2.23. The number of esters is 1. The fourth-order valence-corrected chi connectivity index (χ4v) is 2.19. The average molecular weight is 281 g/mol. The second-order valence-electron chi connectivity index (χ2n) is 4.97. The van der Waals surface area contributed by atoms with Gasteiger partial charge in [-0.25, -0.2) is 4.39 Å². The summed E-state index contributed by atoms with van der Waals surface area (Å²) in [5.74, 6) is -0.0174. The van der Waals surface area contributed by atoms with Crippen molar-refractivity contribution in [2.45, 2.75) is 32.6 Å². The highest BCUT2D eigenvalue weighted by molar-refractivity contribution is 5.69. The minimum Gasteiger partial charge on any atom is -0.466 e. The molecule has 0 heterocycles. The van der Waals surface area contributed by atoms with Gasteiger partial charge in [-0.2, -0.15) is 0 Å². The Morgan fingerprint density at radius 3 is 2.50 bits per heavy atom. The summed E-state index contributed by atoms with van der Waals surface area (Å²) in [7, 11) is 1.99. The molecule has 0 aliphatic carbocycles. The molecule has 0 bridgehead atoms. The minimum atomic E-state index is -0.209. The van der Waals surface area contributed by atoms with Gasteiger partial charge >= 0.3 is 5.97 Å². The number of halogens is 1. The van der Waals surface area contributed by atoms with Crippen LogP contribution in [0, 0.1) is 5.82 Å². The lowest BCUT2D eigenvalue weighted by atomic mass is 9.96. The Morgan fingerprint density at radius 2 is 1.95 bits per heavy atom. The van der Waals surface area contributed by atoms with Gasteiger partial charge in [0.05, 0.1) is 13.0 Å². The lowest BCUT2D eigenvalue weighted by molar-refractivity contribution is -0.143. The van der Waals surface area contributed by atoms with Crippen molar-refractivity contribution in [1.29, 1.82) is 0 Å². The smallest absolute Gasteiger partial charge is 0.307 e. The van der Waals surface area contributed by atoms with Crippen LogP contribution in [-0.4, -0.2) is 37.6 Å². The van der Waals surface area contributed by atoms with Gasteiger partial charge < -0.3 is 9.64 Å². The van der Waals surface area contributed by atoms with Crippen LogP contribution >= 0.6 is 0 Å². The Labute approximate surface area is 120 Å². The van der Waals surface area contributed by atoms with E-state index in [4.69, 9.17) is 4.74 Å². The molecule has 1 rings (SSSR count). The van der Waals surface area contributed by atoms with Crippen LogP contribution < -0.4 is 0 Å².